The van der Waals surface area contributed by atoms with Crippen molar-refractivity contribution in [1.82, 2.24) is 14.2 Å². The van der Waals surface area contributed by atoms with E-state index in [1.165, 1.54) is 0 Å². The summed E-state index contributed by atoms with van der Waals surface area (Å²) in [5, 5.41) is 3.48. The van der Waals surface area contributed by atoms with Crippen molar-refractivity contribution in [2.24, 2.45) is 5.92 Å². The predicted octanol–water partition coefficient (Wildman–Crippen LogP) is 0.774. The maximum atomic E-state index is 12.4. The molecule has 1 saturated heterocycles. The molecule has 1 saturated carbocycles. The normalized spacial score (nSPS) is 21.2. The molecule has 0 atom stereocenters. The minimum absolute atomic E-state index is 0.0937. The van der Waals surface area contributed by atoms with E-state index in [9.17, 15) is 16.8 Å². The van der Waals surface area contributed by atoms with Crippen molar-refractivity contribution in [2.45, 2.75) is 49.7 Å². The van der Waals surface area contributed by atoms with Crippen molar-refractivity contribution in [3.63, 3.8) is 0 Å². The molecule has 3 rings (SSSR count). The zero-order valence-corrected chi connectivity index (χ0v) is 15.5. The Bertz CT molecular complexity index is 784. The number of hydrogen-bond acceptors (Lipinski definition) is 6. The molecule has 1 aliphatic carbocycles. The van der Waals surface area contributed by atoms with E-state index in [4.69, 9.17) is 4.52 Å². The SMILES string of the molecule is Cc1noc(C)c1S(=O)(=O)NCC1CCN(S(=O)(=O)C2CC2)CC1. The lowest BCUT2D eigenvalue weighted by molar-refractivity contribution is 0.274. The van der Waals surface area contributed by atoms with Gasteiger partial charge in [0.1, 0.15) is 10.6 Å². The van der Waals surface area contributed by atoms with E-state index in [1.807, 2.05) is 0 Å². The summed E-state index contributed by atoms with van der Waals surface area (Å²) in [5.41, 5.74) is 0.338. The highest BCUT2D eigenvalue weighted by molar-refractivity contribution is 7.90. The molecule has 1 aromatic rings. The smallest absolute Gasteiger partial charge is 0.245 e. The number of aromatic nitrogens is 1. The maximum Gasteiger partial charge on any atom is 0.245 e. The van der Waals surface area contributed by atoms with Crippen LogP contribution in [-0.4, -0.2) is 51.2 Å². The van der Waals surface area contributed by atoms with E-state index < -0.39 is 20.0 Å². The number of piperidine rings is 1. The fourth-order valence-electron chi connectivity index (χ4n) is 3.10. The minimum Gasteiger partial charge on any atom is -0.360 e. The average molecular weight is 377 g/mol. The average Bonchev–Trinajstić information content (AvgIpc) is 3.32. The van der Waals surface area contributed by atoms with E-state index in [-0.39, 0.29) is 21.8 Å². The van der Waals surface area contributed by atoms with Crippen LogP contribution in [0.15, 0.2) is 9.42 Å². The summed E-state index contributed by atoms with van der Waals surface area (Å²) in [4.78, 5) is 0.0937. The molecule has 0 bridgehead atoms. The van der Waals surface area contributed by atoms with Gasteiger partial charge in [-0.2, -0.15) is 0 Å². The molecule has 1 aliphatic heterocycles. The van der Waals surface area contributed by atoms with E-state index in [2.05, 4.69) is 9.88 Å². The molecule has 10 heteroatoms. The van der Waals surface area contributed by atoms with E-state index in [1.54, 1.807) is 18.2 Å². The van der Waals surface area contributed by atoms with Crippen LogP contribution >= 0.6 is 0 Å². The summed E-state index contributed by atoms with van der Waals surface area (Å²) < 4.78 is 58.2. The zero-order valence-electron chi connectivity index (χ0n) is 13.9. The van der Waals surface area contributed by atoms with Gasteiger partial charge >= 0.3 is 0 Å². The molecule has 2 aliphatic rings. The van der Waals surface area contributed by atoms with Crippen LogP contribution in [0.3, 0.4) is 0 Å². The molecule has 0 unspecified atom stereocenters. The Morgan fingerprint density at radius 2 is 1.75 bits per heavy atom. The number of sulfonamides is 2. The van der Waals surface area contributed by atoms with Gasteiger partial charge in [0.2, 0.25) is 20.0 Å². The van der Waals surface area contributed by atoms with Crippen LogP contribution in [0.1, 0.15) is 37.1 Å². The summed E-state index contributed by atoms with van der Waals surface area (Å²) in [7, 11) is -6.79. The highest BCUT2D eigenvalue weighted by Gasteiger charge is 2.41. The van der Waals surface area contributed by atoms with Crippen molar-refractivity contribution >= 4 is 20.0 Å². The van der Waals surface area contributed by atoms with Gasteiger partial charge in [0, 0.05) is 19.6 Å². The quantitative estimate of drug-likeness (QED) is 0.784. The summed E-state index contributed by atoms with van der Waals surface area (Å²) >= 11 is 0. The van der Waals surface area contributed by atoms with Crippen molar-refractivity contribution in [2.75, 3.05) is 19.6 Å². The van der Waals surface area contributed by atoms with Crippen LogP contribution in [0.4, 0.5) is 0 Å². The maximum absolute atomic E-state index is 12.4. The summed E-state index contributed by atoms with van der Waals surface area (Å²) in [6.45, 7) is 4.39. The Morgan fingerprint density at radius 1 is 1.12 bits per heavy atom. The lowest BCUT2D eigenvalue weighted by Crippen LogP contribution is -2.42. The van der Waals surface area contributed by atoms with Gasteiger partial charge in [-0.15, -0.1) is 0 Å². The van der Waals surface area contributed by atoms with Crippen LogP contribution in [0.2, 0.25) is 0 Å². The first-order valence-electron chi connectivity index (χ1n) is 8.13. The molecule has 136 valence electrons. The molecule has 0 radical (unpaired) electrons. The first-order valence-corrected chi connectivity index (χ1v) is 11.1. The summed E-state index contributed by atoms with van der Waals surface area (Å²) in [5.74, 6) is 0.399. The van der Waals surface area contributed by atoms with Gasteiger partial charge in [-0.3, -0.25) is 0 Å². The number of nitrogens with zero attached hydrogens (tertiary/aromatic N) is 2. The molecule has 0 aromatic carbocycles. The largest absolute Gasteiger partial charge is 0.360 e. The van der Waals surface area contributed by atoms with Crippen molar-refractivity contribution < 1.29 is 21.4 Å². The first-order chi connectivity index (χ1) is 11.2. The predicted molar refractivity (Wildman–Crippen MR) is 87.4 cm³/mol. The van der Waals surface area contributed by atoms with Crippen LogP contribution in [0.5, 0.6) is 0 Å². The molecule has 0 amide bonds. The lowest BCUT2D eigenvalue weighted by atomic mass is 9.99. The van der Waals surface area contributed by atoms with Crippen LogP contribution in [-0.2, 0) is 20.0 Å². The van der Waals surface area contributed by atoms with Gasteiger partial charge in [-0.05, 0) is 45.4 Å². The van der Waals surface area contributed by atoms with E-state index in [0.29, 0.717) is 38.2 Å². The van der Waals surface area contributed by atoms with Crippen molar-refractivity contribution in [3.05, 3.63) is 11.5 Å². The highest BCUT2D eigenvalue weighted by atomic mass is 32.2. The van der Waals surface area contributed by atoms with Gasteiger partial charge < -0.3 is 4.52 Å². The zero-order chi connectivity index (χ0) is 17.5. The first kappa shape index (κ1) is 17.8. The Hall–Kier alpha value is -0.970. The van der Waals surface area contributed by atoms with Gasteiger partial charge in [-0.25, -0.2) is 25.9 Å². The fraction of sp³-hybridized carbons (Fsp3) is 0.786. The Morgan fingerprint density at radius 3 is 2.25 bits per heavy atom. The standard InChI is InChI=1S/C14H23N3O5S2/c1-10-14(11(2)22-16-10)23(18,19)15-9-12-5-7-17(8-6-12)24(20,21)13-3-4-13/h12-13,15H,3-9H2,1-2H3. The second kappa shape index (κ2) is 6.40. The minimum atomic E-state index is -3.66. The van der Waals surface area contributed by atoms with Gasteiger partial charge in [-0.1, -0.05) is 5.16 Å². The third kappa shape index (κ3) is 3.51. The molecule has 1 aromatic heterocycles. The van der Waals surface area contributed by atoms with E-state index in [0.717, 1.165) is 12.8 Å². The molecule has 2 fully saturated rings. The topological polar surface area (TPSA) is 110 Å². The fourth-order valence-corrected chi connectivity index (χ4v) is 6.42. The molecule has 2 heterocycles. The van der Waals surface area contributed by atoms with Crippen LogP contribution in [0.25, 0.3) is 0 Å². The molecule has 1 N–H and O–H groups in total. The molecule has 24 heavy (non-hydrogen) atoms. The van der Waals surface area contributed by atoms with Gasteiger partial charge in [0.05, 0.1) is 5.25 Å². The Labute approximate surface area is 142 Å². The summed E-state index contributed by atoms with van der Waals surface area (Å²) in [6, 6.07) is 0. The Balaban J connectivity index is 1.55. The summed E-state index contributed by atoms with van der Waals surface area (Å²) in [6.07, 6.45) is 2.85. The molecular formula is C14H23N3O5S2. The number of rotatable bonds is 6. The van der Waals surface area contributed by atoms with Gasteiger partial charge in [0.25, 0.3) is 0 Å². The second-order valence-electron chi connectivity index (χ2n) is 6.59. The van der Waals surface area contributed by atoms with E-state index >= 15 is 0 Å². The monoisotopic (exact) mass is 377 g/mol. The Kier molecular flexibility index (Phi) is 4.75. The second-order valence-corrected chi connectivity index (χ2v) is 10.5. The highest BCUT2D eigenvalue weighted by Crippen LogP contribution is 2.33. The molecule has 0 spiro atoms. The van der Waals surface area contributed by atoms with Crippen LogP contribution < -0.4 is 4.72 Å². The number of nitrogens with one attached hydrogen (secondary N) is 1. The van der Waals surface area contributed by atoms with Crippen molar-refractivity contribution in [1.29, 1.82) is 0 Å². The van der Waals surface area contributed by atoms with Crippen LogP contribution in [0, 0.1) is 19.8 Å². The third-order valence-corrected chi connectivity index (χ3v) is 8.74. The molecular weight excluding hydrogens is 354 g/mol. The van der Waals surface area contributed by atoms with Gasteiger partial charge in [0.15, 0.2) is 5.76 Å². The lowest BCUT2D eigenvalue weighted by Gasteiger charge is -2.31. The van der Waals surface area contributed by atoms with Crippen molar-refractivity contribution in [3.8, 4) is 0 Å². The number of hydrogen-bond donors (Lipinski definition) is 1. The number of aryl methyl sites for hydroxylation is 2. The third-order valence-electron chi connectivity index (χ3n) is 4.68. The molecule has 8 nitrogen and oxygen atoms in total.